The molecule has 0 saturated heterocycles. The van der Waals surface area contributed by atoms with Gasteiger partial charge in [-0.05, 0) is 23.8 Å². The number of para-hydroxylation sites is 1. The third-order valence-electron chi connectivity index (χ3n) is 3.86. The van der Waals surface area contributed by atoms with E-state index in [4.69, 9.17) is 4.74 Å². The Hall–Kier alpha value is -3.01. The van der Waals surface area contributed by atoms with E-state index in [-0.39, 0.29) is 5.78 Å². The van der Waals surface area contributed by atoms with Gasteiger partial charge in [-0.1, -0.05) is 30.3 Å². The molecule has 0 fully saturated rings. The first-order chi connectivity index (χ1) is 11.6. The van der Waals surface area contributed by atoms with Crippen molar-refractivity contribution in [3.05, 3.63) is 66.5 Å². The monoisotopic (exact) mass is 320 g/mol. The summed E-state index contributed by atoms with van der Waals surface area (Å²) in [5.74, 6) is 0.740. The van der Waals surface area contributed by atoms with Crippen molar-refractivity contribution in [3.63, 3.8) is 0 Å². The van der Waals surface area contributed by atoms with Crippen molar-refractivity contribution >= 4 is 16.7 Å². The van der Waals surface area contributed by atoms with Crippen molar-refractivity contribution in [2.24, 2.45) is 0 Å². The van der Waals surface area contributed by atoms with E-state index in [0.717, 1.165) is 27.8 Å². The van der Waals surface area contributed by atoms with Crippen molar-refractivity contribution in [1.82, 2.24) is 9.88 Å². The number of fused-ring (bicyclic) bond motifs is 1. The van der Waals surface area contributed by atoms with Crippen molar-refractivity contribution in [3.8, 4) is 16.9 Å². The van der Waals surface area contributed by atoms with E-state index in [1.165, 1.54) is 0 Å². The largest absolute Gasteiger partial charge is 0.497 e. The second kappa shape index (κ2) is 6.62. The van der Waals surface area contributed by atoms with Crippen LogP contribution in [0.3, 0.4) is 0 Å². The fraction of sp³-hybridized carbons (Fsp3) is 0.150. The molecular formula is C20H20N2O2. The Morgan fingerprint density at radius 3 is 2.46 bits per heavy atom. The van der Waals surface area contributed by atoms with Gasteiger partial charge in [0.1, 0.15) is 5.75 Å². The first-order valence-corrected chi connectivity index (χ1v) is 7.74. The number of nitrogens with zero attached hydrogens (tertiary/aromatic N) is 1. The standard InChI is InChI=1S/C20H20N2O2/c1-22(2)13-12-18(23)20-19(14-8-10-15(24-3)11-9-14)16-6-4-5-7-17(16)21-20/h4-13,21H,1-3H3. The second-order valence-corrected chi connectivity index (χ2v) is 5.79. The zero-order chi connectivity index (χ0) is 17.1. The molecule has 2 aromatic carbocycles. The number of allylic oxidation sites excluding steroid dienone is 1. The maximum atomic E-state index is 12.7. The smallest absolute Gasteiger partial charge is 0.204 e. The summed E-state index contributed by atoms with van der Waals surface area (Å²) >= 11 is 0. The molecule has 0 atom stereocenters. The third-order valence-corrected chi connectivity index (χ3v) is 3.86. The summed E-state index contributed by atoms with van der Waals surface area (Å²) in [6.07, 6.45) is 3.34. The fourth-order valence-corrected chi connectivity index (χ4v) is 2.68. The topological polar surface area (TPSA) is 45.3 Å². The highest BCUT2D eigenvalue weighted by atomic mass is 16.5. The van der Waals surface area contributed by atoms with Gasteiger partial charge in [-0.15, -0.1) is 0 Å². The third kappa shape index (κ3) is 3.04. The number of H-pyrrole nitrogens is 1. The van der Waals surface area contributed by atoms with Gasteiger partial charge in [0.2, 0.25) is 5.78 Å². The molecule has 0 bridgehead atoms. The lowest BCUT2D eigenvalue weighted by Gasteiger charge is -2.06. The number of carbonyl (C=O) groups excluding carboxylic acids is 1. The predicted octanol–water partition coefficient (Wildman–Crippen LogP) is 4.10. The lowest BCUT2D eigenvalue weighted by atomic mass is 10.00. The molecule has 1 heterocycles. The van der Waals surface area contributed by atoms with E-state index in [2.05, 4.69) is 4.98 Å². The highest BCUT2D eigenvalue weighted by Gasteiger charge is 2.17. The first kappa shape index (κ1) is 15.9. The summed E-state index contributed by atoms with van der Waals surface area (Å²) in [6.45, 7) is 0. The summed E-state index contributed by atoms with van der Waals surface area (Å²) < 4.78 is 5.23. The summed E-state index contributed by atoms with van der Waals surface area (Å²) in [5, 5.41) is 1.03. The molecule has 0 unspecified atom stereocenters. The Morgan fingerprint density at radius 2 is 1.79 bits per heavy atom. The number of methoxy groups -OCH3 is 1. The minimum absolute atomic E-state index is 0.0503. The molecule has 0 aliphatic carbocycles. The number of hydrogen-bond acceptors (Lipinski definition) is 3. The number of aromatic nitrogens is 1. The lowest BCUT2D eigenvalue weighted by molar-refractivity contribution is 0.104. The molecule has 24 heavy (non-hydrogen) atoms. The zero-order valence-electron chi connectivity index (χ0n) is 14.0. The molecule has 1 N–H and O–H groups in total. The highest BCUT2D eigenvalue weighted by Crippen LogP contribution is 2.33. The van der Waals surface area contributed by atoms with Gasteiger partial charge < -0.3 is 14.6 Å². The Morgan fingerprint density at radius 1 is 1.08 bits per heavy atom. The van der Waals surface area contributed by atoms with Crippen LogP contribution in [0.1, 0.15) is 10.5 Å². The van der Waals surface area contributed by atoms with E-state index >= 15 is 0 Å². The summed E-state index contributed by atoms with van der Waals surface area (Å²) in [7, 11) is 5.42. The number of hydrogen-bond donors (Lipinski definition) is 1. The van der Waals surface area contributed by atoms with E-state index in [0.29, 0.717) is 5.69 Å². The van der Waals surface area contributed by atoms with Crippen LogP contribution in [0, 0.1) is 0 Å². The molecule has 0 saturated carbocycles. The van der Waals surface area contributed by atoms with Gasteiger partial charge in [-0.3, -0.25) is 4.79 Å². The Bertz CT molecular complexity index is 890. The molecule has 4 nitrogen and oxygen atoms in total. The Labute approximate surface area is 141 Å². The van der Waals surface area contributed by atoms with Crippen molar-refractivity contribution in [1.29, 1.82) is 0 Å². The quantitative estimate of drug-likeness (QED) is 0.568. The van der Waals surface area contributed by atoms with Crippen LogP contribution in [-0.4, -0.2) is 36.9 Å². The number of ketones is 1. The van der Waals surface area contributed by atoms with Crippen LogP contribution in [0.2, 0.25) is 0 Å². The molecular weight excluding hydrogens is 300 g/mol. The van der Waals surface area contributed by atoms with Gasteiger partial charge in [0, 0.05) is 42.8 Å². The molecule has 3 aromatic rings. The van der Waals surface area contributed by atoms with Gasteiger partial charge in [-0.2, -0.15) is 0 Å². The normalized spacial score (nSPS) is 11.1. The average molecular weight is 320 g/mol. The van der Waals surface area contributed by atoms with Gasteiger partial charge in [0.25, 0.3) is 0 Å². The van der Waals surface area contributed by atoms with E-state index in [9.17, 15) is 4.79 Å². The van der Waals surface area contributed by atoms with Crippen LogP contribution in [0.15, 0.2) is 60.8 Å². The van der Waals surface area contributed by atoms with Crippen LogP contribution in [0.25, 0.3) is 22.0 Å². The van der Waals surface area contributed by atoms with Gasteiger partial charge in [0.05, 0.1) is 12.8 Å². The second-order valence-electron chi connectivity index (χ2n) is 5.79. The number of nitrogens with one attached hydrogen (secondary N) is 1. The molecule has 0 spiro atoms. The summed E-state index contributed by atoms with van der Waals surface area (Å²) in [5.41, 5.74) is 3.45. The van der Waals surface area contributed by atoms with Gasteiger partial charge in [-0.25, -0.2) is 0 Å². The maximum absolute atomic E-state index is 12.7. The minimum Gasteiger partial charge on any atom is -0.497 e. The Kier molecular flexibility index (Phi) is 4.38. The average Bonchev–Trinajstić information content (AvgIpc) is 2.99. The van der Waals surface area contributed by atoms with Crippen molar-refractivity contribution in [2.75, 3.05) is 21.2 Å². The minimum atomic E-state index is -0.0503. The molecule has 3 rings (SSSR count). The van der Waals surface area contributed by atoms with Crippen LogP contribution >= 0.6 is 0 Å². The molecule has 0 aliphatic heterocycles. The molecule has 4 heteroatoms. The van der Waals surface area contributed by atoms with E-state index in [1.54, 1.807) is 19.4 Å². The van der Waals surface area contributed by atoms with Gasteiger partial charge in [0.15, 0.2) is 0 Å². The number of aromatic amines is 1. The number of benzene rings is 2. The van der Waals surface area contributed by atoms with Crippen LogP contribution in [0.5, 0.6) is 5.75 Å². The number of rotatable bonds is 5. The van der Waals surface area contributed by atoms with Crippen LogP contribution < -0.4 is 4.74 Å². The molecule has 0 radical (unpaired) electrons. The Balaban J connectivity index is 2.16. The molecule has 0 aliphatic rings. The zero-order valence-corrected chi connectivity index (χ0v) is 14.0. The molecule has 122 valence electrons. The number of ether oxygens (including phenoxy) is 1. The fourth-order valence-electron chi connectivity index (χ4n) is 2.68. The van der Waals surface area contributed by atoms with E-state index in [1.807, 2.05) is 67.5 Å². The summed E-state index contributed by atoms with van der Waals surface area (Å²) in [6, 6.07) is 15.7. The number of carbonyl (C=O) groups is 1. The van der Waals surface area contributed by atoms with Crippen molar-refractivity contribution < 1.29 is 9.53 Å². The van der Waals surface area contributed by atoms with Gasteiger partial charge >= 0.3 is 0 Å². The van der Waals surface area contributed by atoms with Crippen LogP contribution in [0.4, 0.5) is 0 Å². The molecule has 0 amide bonds. The highest BCUT2D eigenvalue weighted by molar-refractivity contribution is 6.14. The first-order valence-electron chi connectivity index (χ1n) is 7.74. The van der Waals surface area contributed by atoms with Crippen molar-refractivity contribution in [2.45, 2.75) is 0 Å². The lowest BCUT2D eigenvalue weighted by Crippen LogP contribution is -2.04. The maximum Gasteiger partial charge on any atom is 0.204 e. The predicted molar refractivity (Wildman–Crippen MR) is 97.4 cm³/mol. The van der Waals surface area contributed by atoms with E-state index < -0.39 is 0 Å². The summed E-state index contributed by atoms with van der Waals surface area (Å²) in [4.78, 5) is 17.8. The van der Waals surface area contributed by atoms with Crippen LogP contribution in [-0.2, 0) is 0 Å². The molecule has 1 aromatic heterocycles. The SMILES string of the molecule is COc1ccc(-c2c(C(=O)C=CN(C)C)[nH]c3ccccc23)cc1.